The van der Waals surface area contributed by atoms with Crippen LogP contribution >= 0.6 is 0 Å². The van der Waals surface area contributed by atoms with Gasteiger partial charge in [-0.25, -0.2) is 9.59 Å². The highest BCUT2D eigenvalue weighted by Gasteiger charge is 2.30. The summed E-state index contributed by atoms with van der Waals surface area (Å²) >= 11 is 0. The van der Waals surface area contributed by atoms with Gasteiger partial charge in [-0.3, -0.25) is 9.59 Å². The quantitative estimate of drug-likeness (QED) is 0.276. The molecule has 0 aliphatic heterocycles. The Labute approximate surface area is 232 Å². The van der Waals surface area contributed by atoms with Gasteiger partial charge in [0.15, 0.2) is 0 Å². The summed E-state index contributed by atoms with van der Waals surface area (Å²) in [6, 6.07) is 23.1. The van der Waals surface area contributed by atoms with Gasteiger partial charge in [0.1, 0.15) is 25.3 Å². The number of amides is 2. The summed E-state index contributed by atoms with van der Waals surface area (Å²) in [5, 5.41) is 5.03. The van der Waals surface area contributed by atoms with E-state index in [1.807, 2.05) is 78.9 Å². The fraction of sp³-hybridized carbons (Fsp3) is 0.290. The molecule has 2 amide bonds. The van der Waals surface area contributed by atoms with Gasteiger partial charge < -0.3 is 24.8 Å². The van der Waals surface area contributed by atoms with Crippen LogP contribution in [-0.2, 0) is 35.2 Å². The first-order chi connectivity index (χ1) is 19.4. The maximum atomic E-state index is 12.7. The molecule has 0 unspecified atom stereocenters. The van der Waals surface area contributed by atoms with Crippen molar-refractivity contribution in [3.8, 4) is 11.1 Å². The van der Waals surface area contributed by atoms with Crippen LogP contribution in [-0.4, -0.2) is 49.7 Å². The molecule has 9 nitrogen and oxygen atoms in total. The molecule has 0 spiro atoms. The normalized spacial score (nSPS) is 13.2. The predicted octanol–water partition coefficient (Wildman–Crippen LogP) is 4.10. The van der Waals surface area contributed by atoms with E-state index in [0.717, 1.165) is 27.8 Å². The summed E-state index contributed by atoms with van der Waals surface area (Å²) in [6.07, 6.45) is -0.895. The summed E-state index contributed by atoms with van der Waals surface area (Å²) in [5.74, 6) is -1.97. The molecule has 0 bridgehead atoms. The smallest absolute Gasteiger partial charge is 0.407 e. The Hall–Kier alpha value is -4.66. The number of hydrogen-bond acceptors (Lipinski definition) is 7. The molecule has 0 heterocycles. The molecule has 3 aromatic rings. The van der Waals surface area contributed by atoms with E-state index >= 15 is 0 Å². The van der Waals surface area contributed by atoms with E-state index in [-0.39, 0.29) is 32.0 Å². The Morgan fingerprint density at radius 1 is 0.800 bits per heavy atom. The van der Waals surface area contributed by atoms with Crippen molar-refractivity contribution in [2.75, 3.05) is 13.7 Å². The molecule has 208 valence electrons. The Morgan fingerprint density at radius 3 is 2.02 bits per heavy atom. The first-order valence-electron chi connectivity index (χ1n) is 13.1. The summed E-state index contributed by atoms with van der Waals surface area (Å²) in [6.45, 7) is 1.68. The van der Waals surface area contributed by atoms with Crippen molar-refractivity contribution in [2.24, 2.45) is 0 Å². The molecule has 0 aromatic heterocycles. The van der Waals surface area contributed by atoms with Crippen molar-refractivity contribution in [1.29, 1.82) is 0 Å². The Kier molecular flexibility index (Phi) is 9.51. The fourth-order valence-corrected chi connectivity index (χ4v) is 4.64. The highest BCUT2D eigenvalue weighted by Crippen LogP contribution is 2.44. The van der Waals surface area contributed by atoms with Crippen molar-refractivity contribution in [1.82, 2.24) is 10.6 Å². The summed E-state index contributed by atoms with van der Waals surface area (Å²) in [4.78, 5) is 49.7. The number of methoxy groups -OCH3 is 1. The average Bonchev–Trinajstić information content (AvgIpc) is 3.30. The molecular weight excluding hydrogens is 512 g/mol. The molecule has 1 aliphatic carbocycles. The number of rotatable bonds is 11. The highest BCUT2D eigenvalue weighted by molar-refractivity contribution is 5.89. The lowest BCUT2D eigenvalue weighted by atomic mass is 9.98. The summed E-state index contributed by atoms with van der Waals surface area (Å²) in [5.41, 5.74) is 5.20. The minimum Gasteiger partial charge on any atom is -0.467 e. The Balaban J connectivity index is 1.26. The van der Waals surface area contributed by atoms with Crippen LogP contribution in [0.4, 0.5) is 4.79 Å². The molecule has 2 atom stereocenters. The molecule has 0 fully saturated rings. The zero-order valence-electron chi connectivity index (χ0n) is 22.4. The molecule has 3 aromatic carbocycles. The minimum absolute atomic E-state index is 0.0241. The van der Waals surface area contributed by atoms with Crippen LogP contribution in [0.25, 0.3) is 11.1 Å². The van der Waals surface area contributed by atoms with Gasteiger partial charge in [-0.05, 0) is 41.2 Å². The van der Waals surface area contributed by atoms with Gasteiger partial charge in [0, 0.05) is 12.3 Å². The molecule has 1 aliphatic rings. The van der Waals surface area contributed by atoms with Crippen LogP contribution in [0.1, 0.15) is 42.4 Å². The standard InChI is InChI=1S/C31H32N2O7/c1-20(29(35)33-27(30(36)38-2)16-17-28(34)39-18-21-10-4-3-5-11-21)32-31(37)40-19-26-24-14-8-6-12-22(24)23-13-7-9-15-25(23)26/h3-15,20,26-27H,16-19H2,1-2H3,(H,32,37)(H,33,35)/t20-,27+/m0/s1. The average molecular weight is 545 g/mol. The maximum absolute atomic E-state index is 12.7. The van der Waals surface area contributed by atoms with Crippen LogP contribution in [0.5, 0.6) is 0 Å². The lowest BCUT2D eigenvalue weighted by Gasteiger charge is -2.20. The van der Waals surface area contributed by atoms with Crippen molar-refractivity contribution in [2.45, 2.75) is 44.4 Å². The maximum Gasteiger partial charge on any atom is 0.407 e. The van der Waals surface area contributed by atoms with Gasteiger partial charge >= 0.3 is 18.0 Å². The largest absolute Gasteiger partial charge is 0.467 e. The van der Waals surface area contributed by atoms with E-state index in [1.165, 1.54) is 14.0 Å². The zero-order chi connectivity index (χ0) is 28.5. The van der Waals surface area contributed by atoms with Crippen LogP contribution in [0.2, 0.25) is 0 Å². The Morgan fingerprint density at radius 2 is 1.40 bits per heavy atom. The van der Waals surface area contributed by atoms with Gasteiger partial charge in [0.05, 0.1) is 7.11 Å². The lowest BCUT2D eigenvalue weighted by Crippen LogP contribution is -2.50. The van der Waals surface area contributed by atoms with Crippen molar-refractivity contribution < 1.29 is 33.4 Å². The topological polar surface area (TPSA) is 120 Å². The van der Waals surface area contributed by atoms with Gasteiger partial charge in [-0.15, -0.1) is 0 Å². The SMILES string of the molecule is COC(=O)[C@@H](CCC(=O)OCc1ccccc1)NC(=O)[C@H](C)NC(=O)OCC1c2ccccc2-c2ccccc21. The van der Waals surface area contributed by atoms with Gasteiger partial charge in [0.2, 0.25) is 5.91 Å². The number of hydrogen-bond donors (Lipinski definition) is 2. The fourth-order valence-electron chi connectivity index (χ4n) is 4.64. The molecule has 2 N–H and O–H groups in total. The van der Waals surface area contributed by atoms with E-state index in [0.29, 0.717) is 0 Å². The highest BCUT2D eigenvalue weighted by atomic mass is 16.5. The zero-order valence-corrected chi connectivity index (χ0v) is 22.4. The molecule has 0 radical (unpaired) electrons. The minimum atomic E-state index is -1.09. The summed E-state index contributed by atoms with van der Waals surface area (Å²) < 4.78 is 15.5. The van der Waals surface area contributed by atoms with Crippen LogP contribution in [0.15, 0.2) is 78.9 Å². The molecule has 4 rings (SSSR count). The number of alkyl carbamates (subject to hydrolysis) is 1. The number of esters is 2. The van der Waals surface area contributed by atoms with Gasteiger partial charge in [-0.2, -0.15) is 0 Å². The number of fused-ring (bicyclic) bond motifs is 3. The second kappa shape index (κ2) is 13.4. The van der Waals surface area contributed by atoms with Gasteiger partial charge in [0.25, 0.3) is 0 Å². The second-order valence-corrected chi connectivity index (χ2v) is 9.46. The summed E-state index contributed by atoms with van der Waals surface area (Å²) in [7, 11) is 1.19. The third-order valence-corrected chi connectivity index (χ3v) is 6.75. The van der Waals surface area contributed by atoms with Crippen molar-refractivity contribution in [3.63, 3.8) is 0 Å². The van der Waals surface area contributed by atoms with E-state index in [9.17, 15) is 19.2 Å². The third-order valence-electron chi connectivity index (χ3n) is 6.75. The van der Waals surface area contributed by atoms with Crippen molar-refractivity contribution >= 4 is 23.9 Å². The number of carbonyl (C=O) groups excluding carboxylic acids is 4. The van der Waals surface area contributed by atoms with Crippen LogP contribution < -0.4 is 10.6 Å². The van der Waals surface area contributed by atoms with Crippen molar-refractivity contribution in [3.05, 3.63) is 95.6 Å². The van der Waals surface area contributed by atoms with E-state index in [4.69, 9.17) is 14.2 Å². The van der Waals surface area contributed by atoms with E-state index in [2.05, 4.69) is 10.6 Å². The third kappa shape index (κ3) is 7.05. The molecule has 0 saturated carbocycles. The second-order valence-electron chi connectivity index (χ2n) is 9.46. The van der Waals surface area contributed by atoms with Gasteiger partial charge in [-0.1, -0.05) is 78.9 Å². The molecule has 0 saturated heterocycles. The van der Waals surface area contributed by atoms with Crippen LogP contribution in [0.3, 0.4) is 0 Å². The Bertz CT molecular complexity index is 1310. The number of carbonyl (C=O) groups is 4. The first-order valence-corrected chi connectivity index (χ1v) is 13.1. The molecule has 9 heteroatoms. The number of nitrogens with one attached hydrogen (secondary N) is 2. The van der Waals surface area contributed by atoms with E-state index < -0.39 is 36.0 Å². The number of benzene rings is 3. The predicted molar refractivity (Wildman–Crippen MR) is 147 cm³/mol. The molecule has 40 heavy (non-hydrogen) atoms. The molecular formula is C31H32N2O7. The van der Waals surface area contributed by atoms with Crippen LogP contribution in [0, 0.1) is 0 Å². The number of ether oxygens (including phenoxy) is 3. The monoisotopic (exact) mass is 544 g/mol. The first kappa shape index (κ1) is 28.4. The van der Waals surface area contributed by atoms with E-state index in [1.54, 1.807) is 0 Å². The lowest BCUT2D eigenvalue weighted by molar-refractivity contribution is -0.148.